The molecule has 0 rings (SSSR count). The first-order chi connectivity index (χ1) is 2.27. The van der Waals surface area contributed by atoms with Gasteiger partial charge in [0.15, 0.2) is 5.22 Å². The van der Waals surface area contributed by atoms with Crippen LogP contribution in [0.4, 0.5) is 0 Å². The molecule has 0 unspecified atom stereocenters. The molecule has 30 valence electrons. The van der Waals surface area contributed by atoms with Crippen molar-refractivity contribution in [1.82, 2.24) is 0 Å². The van der Waals surface area contributed by atoms with Crippen molar-refractivity contribution in [3.8, 4) is 0 Å². The Hall–Kier alpha value is -0.170. The largest absolute Gasteiger partial charge is 0.487 e. The van der Waals surface area contributed by atoms with Gasteiger partial charge in [-0.15, -0.1) is 0 Å². The van der Waals surface area contributed by atoms with Crippen molar-refractivity contribution in [2.45, 2.75) is 0 Å². The van der Waals surface area contributed by atoms with Crippen LogP contribution >= 0.6 is 11.6 Å². The Kier molecular flexibility index (Phi) is 2.02. The van der Waals surface area contributed by atoms with Crippen LogP contribution in [0.15, 0.2) is 11.8 Å². The lowest BCUT2D eigenvalue weighted by Crippen LogP contribution is -1.66. The molecule has 1 nitrogen and oxygen atoms in total. The van der Waals surface area contributed by atoms with Crippen LogP contribution in [0.2, 0.25) is 0 Å². The molecule has 0 spiro atoms. The van der Waals surface area contributed by atoms with Gasteiger partial charge in [-0.1, -0.05) is 0 Å². The third-order valence-electron chi connectivity index (χ3n) is 0.221. The molecule has 0 heterocycles. The van der Waals surface area contributed by atoms with Gasteiger partial charge < -0.3 is 4.74 Å². The summed E-state index contributed by atoms with van der Waals surface area (Å²) in [5.41, 5.74) is 0. The molecule has 2 heteroatoms. The monoisotopic (exact) mass is 92.0 g/mol. The van der Waals surface area contributed by atoms with E-state index in [0.29, 0.717) is 0 Å². The molecule has 0 aromatic rings. The predicted molar refractivity (Wildman–Crippen MR) is 22.0 cm³/mol. The van der Waals surface area contributed by atoms with Gasteiger partial charge in [0.05, 0.1) is 7.11 Å². The maximum Gasteiger partial charge on any atom is 0.179 e. The van der Waals surface area contributed by atoms with Crippen molar-refractivity contribution in [2.75, 3.05) is 7.11 Å². The highest BCUT2D eigenvalue weighted by molar-refractivity contribution is 6.27. The summed E-state index contributed by atoms with van der Waals surface area (Å²) in [7, 11) is 1.47. The fourth-order valence-corrected chi connectivity index (χ4v) is 0. The molecule has 0 atom stereocenters. The molecule has 0 bridgehead atoms. The zero-order valence-corrected chi connectivity index (χ0v) is 3.75. The minimum atomic E-state index is 0.227. The van der Waals surface area contributed by atoms with Crippen LogP contribution < -0.4 is 0 Å². The molecule has 0 amide bonds. The topological polar surface area (TPSA) is 9.23 Å². The Morgan fingerprint density at radius 1 is 2.00 bits per heavy atom. The third kappa shape index (κ3) is 3.83. The maximum atomic E-state index is 5.05. The van der Waals surface area contributed by atoms with Gasteiger partial charge in [-0.05, 0) is 18.2 Å². The lowest BCUT2D eigenvalue weighted by molar-refractivity contribution is 0.323. The highest BCUT2D eigenvalue weighted by atomic mass is 35.5. The number of rotatable bonds is 1. The van der Waals surface area contributed by atoms with Gasteiger partial charge in [0.25, 0.3) is 0 Å². The number of ether oxygens (including phenoxy) is 1. The second-order valence-electron chi connectivity index (χ2n) is 0.559. The van der Waals surface area contributed by atoms with Crippen LogP contribution in [0.5, 0.6) is 0 Å². The van der Waals surface area contributed by atoms with E-state index < -0.39 is 0 Å². The first kappa shape index (κ1) is 4.83. The van der Waals surface area contributed by atoms with Crippen molar-refractivity contribution >= 4 is 11.6 Å². The lowest BCUT2D eigenvalue weighted by Gasteiger charge is -1.84. The summed E-state index contributed by atoms with van der Waals surface area (Å²) >= 11 is 5.05. The first-order valence-electron chi connectivity index (χ1n) is 1.15. The van der Waals surface area contributed by atoms with Crippen molar-refractivity contribution in [2.24, 2.45) is 0 Å². The van der Waals surface area contributed by atoms with Crippen molar-refractivity contribution in [3.05, 3.63) is 11.8 Å². The Morgan fingerprint density at radius 2 is 2.20 bits per heavy atom. The van der Waals surface area contributed by atoms with E-state index in [-0.39, 0.29) is 5.22 Å². The van der Waals surface area contributed by atoms with Crippen molar-refractivity contribution < 1.29 is 4.74 Å². The molecule has 0 saturated carbocycles. The minimum Gasteiger partial charge on any atom is -0.487 e. The average Bonchev–Trinajstić information content (AvgIpc) is 1.38. The maximum absolute atomic E-state index is 5.05. The number of hydrogen-bond acceptors (Lipinski definition) is 1. The van der Waals surface area contributed by atoms with E-state index in [1.165, 1.54) is 7.11 Å². The molecule has 5 heavy (non-hydrogen) atoms. The Labute approximate surface area is 36.2 Å². The molecule has 0 aliphatic heterocycles. The van der Waals surface area contributed by atoms with Crippen LogP contribution in [0.3, 0.4) is 0 Å². The normalized spacial score (nSPS) is 6.80. The van der Waals surface area contributed by atoms with Gasteiger partial charge >= 0.3 is 0 Å². The van der Waals surface area contributed by atoms with Crippen LogP contribution in [-0.4, -0.2) is 7.11 Å². The third-order valence-corrected chi connectivity index (χ3v) is 0.376. The summed E-state index contributed by atoms with van der Waals surface area (Å²) < 4.78 is 4.32. The van der Waals surface area contributed by atoms with E-state index in [9.17, 15) is 0 Å². The van der Waals surface area contributed by atoms with Gasteiger partial charge in [-0.2, -0.15) is 0 Å². The summed E-state index contributed by atoms with van der Waals surface area (Å²) in [6.45, 7) is 3.22. The highest BCUT2D eigenvalue weighted by Crippen LogP contribution is 1.92. The summed E-state index contributed by atoms with van der Waals surface area (Å²) in [5.74, 6) is 0. The highest BCUT2D eigenvalue weighted by Gasteiger charge is 1.69. The zero-order chi connectivity index (χ0) is 4.28. The molecule has 0 N–H and O–H groups in total. The van der Waals surface area contributed by atoms with Crippen LogP contribution in [0.1, 0.15) is 0 Å². The molecule has 0 saturated heterocycles. The predicted octanol–water partition coefficient (Wildman–Crippen LogP) is 1.34. The minimum absolute atomic E-state index is 0.227. The molecule has 0 aromatic carbocycles. The van der Waals surface area contributed by atoms with E-state index >= 15 is 0 Å². The van der Waals surface area contributed by atoms with E-state index in [2.05, 4.69) is 11.3 Å². The smallest absolute Gasteiger partial charge is 0.179 e. The number of hydrogen-bond donors (Lipinski definition) is 0. The van der Waals surface area contributed by atoms with Crippen LogP contribution in [0.25, 0.3) is 0 Å². The summed E-state index contributed by atoms with van der Waals surface area (Å²) in [6, 6.07) is 0. The Balaban J connectivity index is 2.85. The summed E-state index contributed by atoms with van der Waals surface area (Å²) in [4.78, 5) is 0. The second-order valence-corrected chi connectivity index (χ2v) is 0.981. The fraction of sp³-hybridized carbons (Fsp3) is 0.333. The standard InChI is InChI=1S/C3H5ClO/c1-3(4)5-2/h1H2,2H3. The molecule has 0 fully saturated rings. The van der Waals surface area contributed by atoms with Gasteiger partial charge in [0.2, 0.25) is 0 Å². The molecular formula is C3H5ClO. The van der Waals surface area contributed by atoms with Gasteiger partial charge in [-0.25, -0.2) is 0 Å². The molecule has 0 aliphatic rings. The van der Waals surface area contributed by atoms with Gasteiger partial charge in [0, 0.05) is 0 Å². The first-order valence-corrected chi connectivity index (χ1v) is 1.53. The molecule has 0 aromatic heterocycles. The summed E-state index contributed by atoms with van der Waals surface area (Å²) in [5, 5.41) is 0.227. The van der Waals surface area contributed by atoms with Crippen LogP contribution in [0, 0.1) is 0 Å². The quantitative estimate of drug-likeness (QED) is 0.444. The SMILES string of the molecule is C=C(Cl)OC. The van der Waals surface area contributed by atoms with Crippen LogP contribution in [-0.2, 0) is 4.74 Å². The Bertz CT molecular complexity index is 42.2. The van der Waals surface area contributed by atoms with E-state index in [1.54, 1.807) is 0 Å². The average molecular weight is 92.5 g/mol. The summed E-state index contributed by atoms with van der Waals surface area (Å²) in [6.07, 6.45) is 0. The van der Waals surface area contributed by atoms with E-state index in [1.807, 2.05) is 0 Å². The van der Waals surface area contributed by atoms with Gasteiger partial charge in [-0.3, -0.25) is 0 Å². The van der Waals surface area contributed by atoms with Gasteiger partial charge in [0.1, 0.15) is 0 Å². The Morgan fingerprint density at radius 3 is 2.20 bits per heavy atom. The lowest BCUT2D eigenvalue weighted by atomic mass is 11.1. The fourth-order valence-electron chi connectivity index (χ4n) is 0. The number of halogens is 1. The van der Waals surface area contributed by atoms with E-state index in [4.69, 9.17) is 11.6 Å². The number of methoxy groups -OCH3 is 1. The van der Waals surface area contributed by atoms with Crippen molar-refractivity contribution in [1.29, 1.82) is 0 Å². The molecule has 0 aliphatic carbocycles. The van der Waals surface area contributed by atoms with Crippen molar-refractivity contribution in [3.63, 3.8) is 0 Å². The molecular weight excluding hydrogens is 87.5 g/mol. The second kappa shape index (κ2) is 2.09. The zero-order valence-electron chi connectivity index (χ0n) is 2.99. The van der Waals surface area contributed by atoms with E-state index in [0.717, 1.165) is 0 Å². The molecule has 0 radical (unpaired) electrons.